The van der Waals surface area contributed by atoms with E-state index in [0.29, 0.717) is 6.04 Å². The average molecular weight is 197 g/mol. The number of likely N-dealkylation sites (tertiary alicyclic amines) is 1. The monoisotopic (exact) mass is 197 g/mol. The summed E-state index contributed by atoms with van der Waals surface area (Å²) in [5, 5.41) is 9.70. The minimum atomic E-state index is -0.0295. The lowest BCUT2D eigenvalue weighted by Crippen LogP contribution is -2.46. The van der Waals surface area contributed by atoms with Crippen LogP contribution in [-0.4, -0.2) is 35.2 Å². The Morgan fingerprint density at radius 2 is 1.79 bits per heavy atom. The van der Waals surface area contributed by atoms with E-state index in [1.807, 2.05) is 0 Å². The normalized spacial score (nSPS) is 41.1. The van der Waals surface area contributed by atoms with Crippen molar-refractivity contribution in [2.75, 3.05) is 13.1 Å². The van der Waals surface area contributed by atoms with Gasteiger partial charge in [0.25, 0.3) is 0 Å². The van der Waals surface area contributed by atoms with E-state index in [1.54, 1.807) is 0 Å². The van der Waals surface area contributed by atoms with Crippen LogP contribution < -0.4 is 0 Å². The summed E-state index contributed by atoms with van der Waals surface area (Å²) in [6.45, 7) is 4.88. The van der Waals surface area contributed by atoms with E-state index in [2.05, 4.69) is 11.8 Å². The van der Waals surface area contributed by atoms with E-state index in [-0.39, 0.29) is 6.10 Å². The average Bonchev–Trinajstić information content (AvgIpc) is 2.23. The molecule has 2 heteroatoms. The van der Waals surface area contributed by atoms with Gasteiger partial charge in [-0.3, -0.25) is 0 Å². The van der Waals surface area contributed by atoms with Crippen molar-refractivity contribution in [2.45, 2.75) is 57.6 Å². The Morgan fingerprint density at radius 1 is 1.07 bits per heavy atom. The molecule has 2 fully saturated rings. The molecule has 82 valence electrons. The van der Waals surface area contributed by atoms with Crippen LogP contribution >= 0.6 is 0 Å². The van der Waals surface area contributed by atoms with Crippen LogP contribution in [0, 0.1) is 5.92 Å². The summed E-state index contributed by atoms with van der Waals surface area (Å²) in [6.07, 6.45) is 7.34. The summed E-state index contributed by atoms with van der Waals surface area (Å²) >= 11 is 0. The van der Waals surface area contributed by atoms with Gasteiger partial charge in [0.1, 0.15) is 0 Å². The van der Waals surface area contributed by atoms with Gasteiger partial charge in [-0.25, -0.2) is 0 Å². The Balaban J connectivity index is 1.92. The Hall–Kier alpha value is -0.0800. The fourth-order valence-corrected chi connectivity index (χ4v) is 3.04. The third-order valence-corrected chi connectivity index (χ3v) is 3.99. The summed E-state index contributed by atoms with van der Waals surface area (Å²) in [5.41, 5.74) is 0. The van der Waals surface area contributed by atoms with Gasteiger partial charge in [0.15, 0.2) is 0 Å². The molecule has 0 amide bonds. The molecule has 1 saturated heterocycles. The number of piperidine rings is 1. The Labute approximate surface area is 87.3 Å². The van der Waals surface area contributed by atoms with Crippen molar-refractivity contribution in [3.63, 3.8) is 0 Å². The van der Waals surface area contributed by atoms with E-state index >= 15 is 0 Å². The molecule has 3 unspecified atom stereocenters. The summed E-state index contributed by atoms with van der Waals surface area (Å²) < 4.78 is 0. The summed E-state index contributed by atoms with van der Waals surface area (Å²) in [7, 11) is 0. The highest BCUT2D eigenvalue weighted by Crippen LogP contribution is 2.30. The van der Waals surface area contributed by atoms with Crippen molar-refractivity contribution in [1.29, 1.82) is 0 Å². The van der Waals surface area contributed by atoms with Gasteiger partial charge in [0.2, 0.25) is 0 Å². The number of nitrogens with zero attached hydrogens (tertiary/aromatic N) is 1. The van der Waals surface area contributed by atoms with Gasteiger partial charge in [0, 0.05) is 6.04 Å². The smallest absolute Gasteiger partial charge is 0.0555 e. The fourth-order valence-electron chi connectivity index (χ4n) is 3.04. The van der Waals surface area contributed by atoms with Crippen LogP contribution in [-0.2, 0) is 0 Å². The van der Waals surface area contributed by atoms with Crippen LogP contribution in [0.1, 0.15) is 45.4 Å². The molecular weight excluding hydrogens is 174 g/mol. The second-order valence-corrected chi connectivity index (χ2v) is 5.11. The Morgan fingerprint density at radius 3 is 2.50 bits per heavy atom. The van der Waals surface area contributed by atoms with Crippen LogP contribution in [0.4, 0.5) is 0 Å². The highest BCUT2D eigenvalue weighted by Gasteiger charge is 2.31. The molecule has 0 radical (unpaired) electrons. The minimum Gasteiger partial charge on any atom is -0.393 e. The van der Waals surface area contributed by atoms with E-state index in [4.69, 9.17) is 0 Å². The SMILES string of the molecule is CC1CCC(O)CC1N1CCCCC1. The predicted octanol–water partition coefficient (Wildman–Crippen LogP) is 2.02. The lowest BCUT2D eigenvalue weighted by atomic mass is 9.82. The van der Waals surface area contributed by atoms with Gasteiger partial charge in [-0.1, -0.05) is 13.3 Å². The highest BCUT2D eigenvalue weighted by atomic mass is 16.3. The van der Waals surface area contributed by atoms with Gasteiger partial charge in [-0.2, -0.15) is 0 Å². The summed E-state index contributed by atoms with van der Waals surface area (Å²) in [4.78, 5) is 2.62. The maximum Gasteiger partial charge on any atom is 0.0555 e. The third-order valence-electron chi connectivity index (χ3n) is 3.99. The Kier molecular flexibility index (Phi) is 3.45. The first-order valence-electron chi connectivity index (χ1n) is 6.19. The minimum absolute atomic E-state index is 0.0295. The zero-order valence-electron chi connectivity index (χ0n) is 9.28. The molecule has 1 heterocycles. The number of aliphatic hydroxyl groups excluding tert-OH is 1. The molecule has 2 aliphatic rings. The molecule has 1 saturated carbocycles. The van der Waals surface area contributed by atoms with Crippen LogP contribution in [0.3, 0.4) is 0 Å². The molecule has 0 bridgehead atoms. The highest BCUT2D eigenvalue weighted by molar-refractivity contribution is 4.85. The van der Waals surface area contributed by atoms with Gasteiger partial charge in [-0.15, -0.1) is 0 Å². The lowest BCUT2D eigenvalue weighted by molar-refractivity contribution is 0.0240. The van der Waals surface area contributed by atoms with Crippen molar-refractivity contribution < 1.29 is 5.11 Å². The lowest BCUT2D eigenvalue weighted by Gasteiger charge is -2.42. The molecule has 14 heavy (non-hydrogen) atoms. The number of hydrogen-bond donors (Lipinski definition) is 1. The predicted molar refractivity (Wildman–Crippen MR) is 58.2 cm³/mol. The summed E-state index contributed by atoms with van der Waals surface area (Å²) in [5.74, 6) is 0.788. The van der Waals surface area contributed by atoms with Gasteiger partial charge >= 0.3 is 0 Å². The molecular formula is C12H23NO. The molecule has 2 nitrogen and oxygen atoms in total. The van der Waals surface area contributed by atoms with E-state index in [0.717, 1.165) is 18.8 Å². The van der Waals surface area contributed by atoms with Crippen molar-refractivity contribution >= 4 is 0 Å². The maximum atomic E-state index is 9.70. The first kappa shape index (κ1) is 10.4. The first-order valence-corrected chi connectivity index (χ1v) is 6.19. The molecule has 0 aromatic carbocycles. The number of rotatable bonds is 1. The van der Waals surface area contributed by atoms with E-state index in [9.17, 15) is 5.11 Å². The largest absolute Gasteiger partial charge is 0.393 e. The topological polar surface area (TPSA) is 23.5 Å². The molecule has 3 atom stereocenters. The quantitative estimate of drug-likeness (QED) is 0.695. The molecule has 1 N–H and O–H groups in total. The van der Waals surface area contributed by atoms with E-state index in [1.165, 1.54) is 38.8 Å². The summed E-state index contributed by atoms with van der Waals surface area (Å²) in [6, 6.07) is 0.666. The van der Waals surface area contributed by atoms with Gasteiger partial charge < -0.3 is 10.0 Å². The second-order valence-electron chi connectivity index (χ2n) is 5.11. The zero-order chi connectivity index (χ0) is 9.97. The van der Waals surface area contributed by atoms with Crippen molar-refractivity contribution in [2.24, 2.45) is 5.92 Å². The van der Waals surface area contributed by atoms with Crippen LogP contribution in [0.25, 0.3) is 0 Å². The molecule has 1 aliphatic heterocycles. The van der Waals surface area contributed by atoms with Crippen LogP contribution in [0.15, 0.2) is 0 Å². The molecule has 0 aromatic heterocycles. The standard InChI is InChI=1S/C12H23NO/c1-10-5-6-11(14)9-12(10)13-7-3-2-4-8-13/h10-12,14H,2-9H2,1H3. The molecule has 2 rings (SSSR count). The van der Waals surface area contributed by atoms with Crippen molar-refractivity contribution in [1.82, 2.24) is 4.90 Å². The second kappa shape index (κ2) is 4.63. The molecule has 0 aromatic rings. The zero-order valence-corrected chi connectivity index (χ0v) is 9.28. The first-order chi connectivity index (χ1) is 6.77. The molecule has 1 aliphatic carbocycles. The van der Waals surface area contributed by atoms with Crippen molar-refractivity contribution in [3.8, 4) is 0 Å². The fraction of sp³-hybridized carbons (Fsp3) is 1.00. The van der Waals surface area contributed by atoms with Crippen molar-refractivity contribution in [3.05, 3.63) is 0 Å². The van der Waals surface area contributed by atoms with Crippen LogP contribution in [0.2, 0.25) is 0 Å². The van der Waals surface area contributed by atoms with Crippen LogP contribution in [0.5, 0.6) is 0 Å². The third kappa shape index (κ3) is 2.29. The van der Waals surface area contributed by atoms with Gasteiger partial charge in [0.05, 0.1) is 6.10 Å². The maximum absolute atomic E-state index is 9.70. The Bertz CT molecular complexity index is 177. The van der Waals surface area contributed by atoms with Gasteiger partial charge in [-0.05, 0) is 51.1 Å². The number of aliphatic hydroxyl groups is 1. The number of hydrogen-bond acceptors (Lipinski definition) is 2. The molecule has 0 spiro atoms. The van der Waals surface area contributed by atoms with E-state index < -0.39 is 0 Å².